The lowest BCUT2D eigenvalue weighted by Gasteiger charge is -2.17. The third-order valence-electron chi connectivity index (χ3n) is 3.04. The van der Waals surface area contributed by atoms with Gasteiger partial charge in [0, 0.05) is 29.8 Å². The second-order valence-corrected chi connectivity index (χ2v) is 7.12. The number of rotatable bonds is 4. The molecule has 0 fully saturated rings. The summed E-state index contributed by atoms with van der Waals surface area (Å²) in [6, 6.07) is 3.04. The summed E-state index contributed by atoms with van der Waals surface area (Å²) < 4.78 is 23.0. The van der Waals surface area contributed by atoms with Gasteiger partial charge in [0.25, 0.3) is 15.0 Å². The third-order valence-corrected chi connectivity index (χ3v) is 4.48. The molecule has 0 atom stereocenters. The van der Waals surface area contributed by atoms with E-state index in [-0.39, 0.29) is 10.8 Å². The predicted molar refractivity (Wildman–Crippen MR) is 76.2 cm³/mol. The van der Waals surface area contributed by atoms with Gasteiger partial charge in [-0.2, -0.15) is 0 Å². The molecule has 1 aromatic carbocycles. The lowest BCUT2D eigenvalue weighted by Crippen LogP contribution is -2.27. The molecule has 0 saturated heterocycles. The van der Waals surface area contributed by atoms with E-state index in [4.69, 9.17) is 10.7 Å². The van der Waals surface area contributed by atoms with Gasteiger partial charge in [0.15, 0.2) is 0 Å². The normalized spacial score (nSPS) is 11.4. The van der Waals surface area contributed by atoms with Crippen LogP contribution >= 0.6 is 10.7 Å². The fourth-order valence-corrected chi connectivity index (χ4v) is 3.14. The van der Waals surface area contributed by atoms with Crippen molar-refractivity contribution in [1.82, 2.24) is 4.90 Å². The fraction of sp³-hybridized carbons (Fsp3) is 0.462. The van der Waals surface area contributed by atoms with Gasteiger partial charge in [-0.25, -0.2) is 8.42 Å². The lowest BCUT2D eigenvalue weighted by atomic mass is 10.1. The van der Waals surface area contributed by atoms with E-state index >= 15 is 0 Å². The van der Waals surface area contributed by atoms with Gasteiger partial charge in [0.2, 0.25) is 0 Å². The van der Waals surface area contributed by atoms with Crippen molar-refractivity contribution in [2.24, 2.45) is 0 Å². The SMILES string of the molecule is CCCN(C)C(=O)c1cc(C)c(C)c(S(=O)(=O)Cl)c1. The van der Waals surface area contributed by atoms with Gasteiger partial charge in [-0.15, -0.1) is 0 Å². The maximum Gasteiger partial charge on any atom is 0.261 e. The number of carbonyl (C=O) groups is 1. The highest BCUT2D eigenvalue weighted by Gasteiger charge is 2.20. The molecule has 1 rings (SSSR count). The molecule has 0 N–H and O–H groups in total. The zero-order chi connectivity index (χ0) is 14.8. The minimum absolute atomic E-state index is 0.00224. The van der Waals surface area contributed by atoms with Crippen LogP contribution in [0.2, 0.25) is 0 Å². The lowest BCUT2D eigenvalue weighted by molar-refractivity contribution is 0.0795. The predicted octanol–water partition coefficient (Wildman–Crippen LogP) is 2.71. The van der Waals surface area contributed by atoms with Crippen molar-refractivity contribution in [2.45, 2.75) is 32.1 Å². The van der Waals surface area contributed by atoms with E-state index in [9.17, 15) is 13.2 Å². The number of aryl methyl sites for hydroxylation is 1. The minimum atomic E-state index is -3.85. The largest absolute Gasteiger partial charge is 0.342 e. The van der Waals surface area contributed by atoms with Crippen LogP contribution in [0, 0.1) is 13.8 Å². The zero-order valence-electron chi connectivity index (χ0n) is 11.5. The van der Waals surface area contributed by atoms with Crippen molar-refractivity contribution >= 4 is 25.6 Å². The molecule has 0 bridgehead atoms. The second-order valence-electron chi connectivity index (χ2n) is 4.58. The minimum Gasteiger partial charge on any atom is -0.342 e. The number of halogens is 1. The summed E-state index contributed by atoms with van der Waals surface area (Å²) in [5.74, 6) is -0.202. The number of amides is 1. The number of hydrogen-bond donors (Lipinski definition) is 0. The van der Waals surface area contributed by atoms with Crippen molar-refractivity contribution in [1.29, 1.82) is 0 Å². The van der Waals surface area contributed by atoms with E-state index in [2.05, 4.69) is 0 Å². The molecule has 106 valence electrons. The Morgan fingerprint density at radius 3 is 2.37 bits per heavy atom. The Balaban J connectivity index is 3.33. The highest BCUT2D eigenvalue weighted by Crippen LogP contribution is 2.24. The molecular weight excluding hydrogens is 286 g/mol. The molecule has 6 heteroatoms. The van der Waals surface area contributed by atoms with Gasteiger partial charge in [-0.1, -0.05) is 6.92 Å². The highest BCUT2D eigenvalue weighted by molar-refractivity contribution is 8.13. The van der Waals surface area contributed by atoms with Crippen LogP contribution in [0.5, 0.6) is 0 Å². The van der Waals surface area contributed by atoms with Crippen LogP contribution in [0.25, 0.3) is 0 Å². The van der Waals surface area contributed by atoms with Gasteiger partial charge in [0.1, 0.15) is 0 Å². The van der Waals surface area contributed by atoms with E-state index in [0.717, 1.165) is 12.0 Å². The van der Waals surface area contributed by atoms with E-state index in [1.807, 2.05) is 6.92 Å². The standard InChI is InChI=1S/C13H18ClNO3S/c1-5-6-15(4)13(16)11-7-9(2)10(3)12(8-11)19(14,17)18/h7-8H,5-6H2,1-4H3. The smallest absolute Gasteiger partial charge is 0.261 e. The third kappa shape index (κ3) is 3.70. The fourth-order valence-electron chi connectivity index (χ4n) is 1.86. The molecule has 4 nitrogen and oxygen atoms in total. The first-order valence-electron chi connectivity index (χ1n) is 5.99. The van der Waals surface area contributed by atoms with Crippen molar-refractivity contribution in [3.8, 4) is 0 Å². The Morgan fingerprint density at radius 2 is 1.89 bits per heavy atom. The molecule has 0 aliphatic heterocycles. The molecule has 0 aliphatic carbocycles. The van der Waals surface area contributed by atoms with Crippen molar-refractivity contribution in [3.05, 3.63) is 28.8 Å². The summed E-state index contributed by atoms with van der Waals surface area (Å²) in [4.78, 5) is 13.7. The summed E-state index contributed by atoms with van der Waals surface area (Å²) in [5, 5.41) is 0. The molecule has 0 heterocycles. The van der Waals surface area contributed by atoms with Crippen LogP contribution in [0.15, 0.2) is 17.0 Å². The van der Waals surface area contributed by atoms with Gasteiger partial charge in [-0.3, -0.25) is 4.79 Å². The molecule has 1 aromatic rings. The quantitative estimate of drug-likeness (QED) is 0.804. The molecule has 0 radical (unpaired) electrons. The average Bonchev–Trinajstić information content (AvgIpc) is 2.30. The average molecular weight is 304 g/mol. The van der Waals surface area contributed by atoms with Crippen LogP contribution in [0.4, 0.5) is 0 Å². The molecule has 19 heavy (non-hydrogen) atoms. The Bertz CT molecular complexity index is 596. The Hall–Kier alpha value is -1.07. The van der Waals surface area contributed by atoms with Crippen molar-refractivity contribution in [3.63, 3.8) is 0 Å². The van der Waals surface area contributed by atoms with Gasteiger partial charge in [-0.05, 0) is 43.5 Å². The summed E-state index contributed by atoms with van der Waals surface area (Å²) in [7, 11) is 3.24. The van der Waals surface area contributed by atoms with Crippen LogP contribution in [-0.4, -0.2) is 32.8 Å². The second kappa shape index (κ2) is 5.92. The molecule has 1 amide bonds. The van der Waals surface area contributed by atoms with Crippen LogP contribution < -0.4 is 0 Å². The first-order valence-corrected chi connectivity index (χ1v) is 8.30. The maximum atomic E-state index is 12.2. The molecule has 0 aromatic heterocycles. The summed E-state index contributed by atoms with van der Waals surface area (Å²) in [5.41, 5.74) is 1.65. The highest BCUT2D eigenvalue weighted by atomic mass is 35.7. The number of carbonyl (C=O) groups excluding carboxylic acids is 1. The Morgan fingerprint density at radius 1 is 1.32 bits per heavy atom. The maximum absolute atomic E-state index is 12.2. The van der Waals surface area contributed by atoms with Crippen LogP contribution in [0.3, 0.4) is 0 Å². The van der Waals surface area contributed by atoms with Crippen molar-refractivity contribution in [2.75, 3.05) is 13.6 Å². The number of nitrogens with zero attached hydrogens (tertiary/aromatic N) is 1. The van der Waals surface area contributed by atoms with E-state index < -0.39 is 9.05 Å². The first kappa shape index (κ1) is 16.0. The van der Waals surface area contributed by atoms with E-state index in [1.54, 1.807) is 31.9 Å². The molecule has 0 saturated carbocycles. The molecule has 0 aliphatic rings. The van der Waals surface area contributed by atoms with E-state index in [1.165, 1.54) is 6.07 Å². The van der Waals surface area contributed by atoms with E-state index in [0.29, 0.717) is 17.7 Å². The summed E-state index contributed by atoms with van der Waals surface area (Å²) >= 11 is 0. The topological polar surface area (TPSA) is 54.5 Å². The van der Waals surface area contributed by atoms with Crippen molar-refractivity contribution < 1.29 is 13.2 Å². The zero-order valence-corrected chi connectivity index (χ0v) is 13.1. The van der Waals surface area contributed by atoms with Crippen LogP contribution in [0.1, 0.15) is 34.8 Å². The van der Waals surface area contributed by atoms with Gasteiger partial charge in [0.05, 0.1) is 4.90 Å². The Kier molecular flexibility index (Phi) is 4.98. The summed E-state index contributed by atoms with van der Waals surface area (Å²) in [6.07, 6.45) is 0.841. The van der Waals surface area contributed by atoms with Crippen LogP contribution in [-0.2, 0) is 9.05 Å². The molecule has 0 spiro atoms. The Labute approximate surface area is 118 Å². The number of hydrogen-bond acceptors (Lipinski definition) is 3. The van der Waals surface area contributed by atoms with Gasteiger partial charge >= 0.3 is 0 Å². The monoisotopic (exact) mass is 303 g/mol. The van der Waals surface area contributed by atoms with Gasteiger partial charge < -0.3 is 4.90 Å². The summed E-state index contributed by atoms with van der Waals surface area (Å²) in [6.45, 7) is 6.03. The molecular formula is C13H18ClNO3S. The first-order chi connectivity index (χ1) is 8.68. The molecule has 0 unspecified atom stereocenters. The number of benzene rings is 1.